The fraction of sp³-hybridized carbons (Fsp3) is 0.292. The van der Waals surface area contributed by atoms with Gasteiger partial charge in [-0.15, -0.1) is 0 Å². The highest BCUT2D eigenvalue weighted by Gasteiger charge is 2.20. The van der Waals surface area contributed by atoms with Crippen molar-refractivity contribution in [1.29, 1.82) is 0 Å². The molecule has 0 fully saturated rings. The Hall–Kier alpha value is -4.01. The van der Waals surface area contributed by atoms with E-state index in [1.54, 1.807) is 6.07 Å². The first-order valence-electron chi connectivity index (χ1n) is 11.3. The third-order valence-corrected chi connectivity index (χ3v) is 6.51. The summed E-state index contributed by atoms with van der Waals surface area (Å²) < 4.78 is 53.8. The highest BCUT2D eigenvalue weighted by molar-refractivity contribution is 7.90. The van der Waals surface area contributed by atoms with Crippen molar-refractivity contribution in [3.8, 4) is 5.75 Å². The number of ether oxygens (including phenoxy) is 1. The van der Waals surface area contributed by atoms with Gasteiger partial charge in [-0.25, -0.2) is 18.7 Å². The number of carbonyl (C=O) groups is 2. The van der Waals surface area contributed by atoms with E-state index < -0.39 is 27.7 Å². The Morgan fingerprint density at radius 1 is 1.11 bits per heavy atom. The zero-order valence-electron chi connectivity index (χ0n) is 21.2. The first-order valence-corrected chi connectivity index (χ1v) is 12.8. The van der Waals surface area contributed by atoms with E-state index in [9.17, 15) is 22.8 Å². The molecule has 2 amide bonds. The van der Waals surface area contributed by atoms with Crippen molar-refractivity contribution < 1.29 is 31.6 Å². The van der Waals surface area contributed by atoms with E-state index in [2.05, 4.69) is 15.4 Å². The number of halogens is 1. The standard InChI is InChI=1S/C24H28FN5O7S/c1-26-21(31)13-28-12-18-16-9-8-15(36-24(33)30(3)4)11-20(16)37-23(32)17(18)10-14-6-5-7-19(22(14)25)29-38(34,35)27-2/h5-9,11,27-29H,10,12-13H2,1-4H3,(H,26,31). The molecule has 0 unspecified atom stereocenters. The van der Waals surface area contributed by atoms with Crippen molar-refractivity contribution in [3.63, 3.8) is 0 Å². The number of rotatable bonds is 10. The van der Waals surface area contributed by atoms with Crippen LogP contribution in [0, 0.1) is 5.82 Å². The van der Waals surface area contributed by atoms with Crippen LogP contribution < -0.4 is 30.4 Å². The molecule has 1 heterocycles. The largest absolute Gasteiger partial charge is 0.422 e. The second kappa shape index (κ2) is 12.0. The molecule has 1 aromatic heterocycles. The van der Waals surface area contributed by atoms with E-state index in [0.29, 0.717) is 10.9 Å². The lowest BCUT2D eigenvalue weighted by atomic mass is 9.97. The van der Waals surface area contributed by atoms with E-state index in [-0.39, 0.29) is 53.6 Å². The van der Waals surface area contributed by atoms with Gasteiger partial charge in [0.15, 0.2) is 5.82 Å². The molecule has 0 saturated heterocycles. The van der Waals surface area contributed by atoms with Crippen LogP contribution in [0.25, 0.3) is 11.0 Å². The van der Waals surface area contributed by atoms with Gasteiger partial charge in [0.05, 0.1) is 12.2 Å². The van der Waals surface area contributed by atoms with Crippen LogP contribution in [0.4, 0.5) is 14.9 Å². The summed E-state index contributed by atoms with van der Waals surface area (Å²) in [5, 5.41) is 5.90. The lowest BCUT2D eigenvalue weighted by Gasteiger charge is -2.15. The van der Waals surface area contributed by atoms with Gasteiger partial charge in [0, 0.05) is 58.2 Å². The quantitative estimate of drug-likeness (QED) is 0.276. The van der Waals surface area contributed by atoms with Crippen molar-refractivity contribution >= 4 is 38.9 Å². The Kier molecular flexibility index (Phi) is 9.04. The number of hydrogen-bond donors (Lipinski definition) is 4. The maximum atomic E-state index is 15.2. The van der Waals surface area contributed by atoms with Crippen LogP contribution in [0.2, 0.25) is 0 Å². The van der Waals surface area contributed by atoms with Crippen molar-refractivity contribution in [3.05, 3.63) is 69.3 Å². The summed E-state index contributed by atoms with van der Waals surface area (Å²) in [6.07, 6.45) is -0.854. The molecule has 38 heavy (non-hydrogen) atoms. The van der Waals surface area contributed by atoms with Crippen LogP contribution in [0.5, 0.6) is 5.75 Å². The molecular weight excluding hydrogens is 521 g/mol. The first kappa shape index (κ1) is 28.6. The summed E-state index contributed by atoms with van der Waals surface area (Å²) >= 11 is 0. The van der Waals surface area contributed by atoms with Crippen molar-refractivity contribution in [1.82, 2.24) is 20.3 Å². The van der Waals surface area contributed by atoms with Gasteiger partial charge in [-0.2, -0.15) is 8.42 Å². The van der Waals surface area contributed by atoms with Crippen molar-refractivity contribution in [2.75, 3.05) is 39.5 Å². The Morgan fingerprint density at radius 2 is 1.84 bits per heavy atom. The van der Waals surface area contributed by atoms with Crippen LogP contribution in [0.15, 0.2) is 45.6 Å². The SMILES string of the molecule is CNC(=O)CNCc1c(Cc2cccc(NS(=O)(=O)NC)c2F)c(=O)oc2cc(OC(=O)N(C)C)ccc12. The van der Waals surface area contributed by atoms with Gasteiger partial charge in [0.25, 0.3) is 10.2 Å². The molecule has 3 aromatic rings. The van der Waals surface area contributed by atoms with E-state index in [1.165, 1.54) is 63.4 Å². The minimum absolute atomic E-state index is 0.0389. The molecule has 4 N–H and O–H groups in total. The summed E-state index contributed by atoms with van der Waals surface area (Å²) in [6.45, 7) is 0.00121. The predicted molar refractivity (Wildman–Crippen MR) is 139 cm³/mol. The molecule has 2 aromatic carbocycles. The van der Waals surface area contributed by atoms with E-state index in [0.717, 1.165) is 0 Å². The fourth-order valence-corrected chi connectivity index (χ4v) is 4.04. The van der Waals surface area contributed by atoms with E-state index in [4.69, 9.17) is 9.15 Å². The van der Waals surface area contributed by atoms with E-state index >= 15 is 4.39 Å². The predicted octanol–water partition coefficient (Wildman–Crippen LogP) is 1.29. The Labute approximate surface area is 218 Å². The zero-order chi connectivity index (χ0) is 28.0. The molecule has 3 rings (SSSR count). The van der Waals surface area contributed by atoms with Gasteiger partial charge in [-0.05, 0) is 29.3 Å². The number of likely N-dealkylation sites (N-methyl/N-ethyl adjacent to an activating group) is 1. The molecule has 12 nitrogen and oxygen atoms in total. The van der Waals surface area contributed by atoms with Crippen LogP contribution >= 0.6 is 0 Å². The number of nitrogens with zero attached hydrogens (tertiary/aromatic N) is 1. The van der Waals surface area contributed by atoms with Crippen LogP contribution in [-0.2, 0) is 28.0 Å². The molecular formula is C24H28FN5O7S. The second-order valence-corrected chi connectivity index (χ2v) is 9.93. The van der Waals surface area contributed by atoms with E-state index in [1.807, 2.05) is 4.72 Å². The third kappa shape index (κ3) is 6.85. The molecule has 14 heteroatoms. The maximum Gasteiger partial charge on any atom is 0.414 e. The van der Waals surface area contributed by atoms with Gasteiger partial charge >= 0.3 is 11.7 Å². The molecule has 0 aliphatic heterocycles. The molecule has 0 radical (unpaired) electrons. The Morgan fingerprint density at radius 3 is 2.50 bits per heavy atom. The smallest absolute Gasteiger partial charge is 0.414 e. The average Bonchev–Trinajstić information content (AvgIpc) is 2.87. The molecule has 0 spiro atoms. The lowest BCUT2D eigenvalue weighted by molar-refractivity contribution is -0.119. The molecule has 204 valence electrons. The normalized spacial score (nSPS) is 11.3. The highest BCUT2D eigenvalue weighted by Crippen LogP contribution is 2.28. The summed E-state index contributed by atoms with van der Waals surface area (Å²) in [5.41, 5.74) is -0.370. The molecule has 0 atom stereocenters. The van der Waals surface area contributed by atoms with Gasteiger partial charge < -0.3 is 24.7 Å². The summed E-state index contributed by atoms with van der Waals surface area (Å²) in [6, 6.07) is 8.61. The second-order valence-electron chi connectivity index (χ2n) is 8.31. The molecule has 0 aliphatic rings. The number of nitrogens with one attached hydrogen (secondary N) is 4. The van der Waals surface area contributed by atoms with Crippen molar-refractivity contribution in [2.45, 2.75) is 13.0 Å². The fourth-order valence-electron chi connectivity index (χ4n) is 3.49. The molecule has 0 aliphatic carbocycles. The monoisotopic (exact) mass is 549 g/mol. The number of carbonyl (C=O) groups excluding carboxylic acids is 2. The van der Waals surface area contributed by atoms with Gasteiger partial charge in [-0.1, -0.05) is 12.1 Å². The Balaban J connectivity index is 2.08. The highest BCUT2D eigenvalue weighted by atomic mass is 32.2. The first-order chi connectivity index (χ1) is 18.0. The number of fused-ring (bicyclic) bond motifs is 1. The van der Waals surface area contributed by atoms with Gasteiger partial charge in [0.1, 0.15) is 11.3 Å². The Bertz CT molecular complexity index is 1520. The van der Waals surface area contributed by atoms with Crippen LogP contribution in [0.3, 0.4) is 0 Å². The summed E-state index contributed by atoms with van der Waals surface area (Å²) in [5.74, 6) is -1.000. The van der Waals surface area contributed by atoms with Crippen molar-refractivity contribution in [2.24, 2.45) is 0 Å². The third-order valence-electron chi connectivity index (χ3n) is 5.49. The average molecular weight is 550 g/mol. The molecule has 0 saturated carbocycles. The number of amides is 2. The van der Waals surface area contributed by atoms with Gasteiger partial charge in [0.2, 0.25) is 5.91 Å². The summed E-state index contributed by atoms with van der Waals surface area (Å²) in [7, 11) is 1.72. The number of anilines is 1. The zero-order valence-corrected chi connectivity index (χ0v) is 22.0. The van der Waals surface area contributed by atoms with Crippen LogP contribution in [-0.4, -0.2) is 60.1 Å². The minimum atomic E-state index is -3.98. The topological polar surface area (TPSA) is 159 Å². The number of benzene rings is 2. The minimum Gasteiger partial charge on any atom is -0.422 e. The number of hydrogen-bond acceptors (Lipinski definition) is 8. The lowest BCUT2D eigenvalue weighted by Crippen LogP contribution is -2.31. The van der Waals surface area contributed by atoms with Gasteiger partial charge in [-0.3, -0.25) is 9.52 Å². The maximum absolute atomic E-state index is 15.2. The van der Waals surface area contributed by atoms with Crippen LogP contribution in [0.1, 0.15) is 16.7 Å². The summed E-state index contributed by atoms with van der Waals surface area (Å²) in [4.78, 5) is 38.0. The molecule has 0 bridgehead atoms.